The van der Waals surface area contributed by atoms with Crippen molar-refractivity contribution in [2.75, 3.05) is 0 Å². The van der Waals surface area contributed by atoms with Gasteiger partial charge in [0.1, 0.15) is 0 Å². The Balaban J connectivity index is 1.53. The van der Waals surface area contributed by atoms with Crippen LogP contribution in [0.4, 0.5) is 0 Å². The first-order chi connectivity index (χ1) is 11.6. The molecule has 2 aromatic carbocycles. The molecular weight excluding hydrogens is 306 g/mol. The minimum Gasteiger partial charge on any atom is -0.457 e. The SMILES string of the molecule is Cc1cc(COC(=O)CCC(=O)c2ccc3ccccc3c2)on1. The molecule has 0 aliphatic heterocycles. The van der Waals surface area contributed by atoms with Crippen LogP contribution in [0.25, 0.3) is 10.8 Å². The van der Waals surface area contributed by atoms with Gasteiger partial charge in [-0.15, -0.1) is 0 Å². The van der Waals surface area contributed by atoms with E-state index in [1.807, 2.05) is 36.4 Å². The maximum atomic E-state index is 12.2. The van der Waals surface area contributed by atoms with Crippen LogP contribution in [0.1, 0.15) is 34.7 Å². The number of esters is 1. The summed E-state index contributed by atoms with van der Waals surface area (Å²) in [5.74, 6) is -0.0203. The maximum Gasteiger partial charge on any atom is 0.306 e. The van der Waals surface area contributed by atoms with Crippen molar-refractivity contribution in [3.63, 3.8) is 0 Å². The van der Waals surface area contributed by atoms with Gasteiger partial charge in [-0.05, 0) is 23.8 Å². The molecule has 0 atom stereocenters. The second-order valence-corrected chi connectivity index (χ2v) is 5.58. The fourth-order valence-corrected chi connectivity index (χ4v) is 2.43. The van der Waals surface area contributed by atoms with Gasteiger partial charge in [0.05, 0.1) is 12.1 Å². The molecule has 1 aromatic heterocycles. The Hall–Kier alpha value is -2.95. The summed E-state index contributed by atoms with van der Waals surface area (Å²) >= 11 is 0. The molecule has 0 fully saturated rings. The van der Waals surface area contributed by atoms with Gasteiger partial charge in [-0.25, -0.2) is 0 Å². The fourth-order valence-electron chi connectivity index (χ4n) is 2.43. The summed E-state index contributed by atoms with van der Waals surface area (Å²) in [7, 11) is 0. The van der Waals surface area contributed by atoms with E-state index in [9.17, 15) is 9.59 Å². The van der Waals surface area contributed by atoms with Gasteiger partial charge in [0, 0.05) is 18.1 Å². The van der Waals surface area contributed by atoms with Crippen LogP contribution in [0.2, 0.25) is 0 Å². The Bertz CT molecular complexity index is 882. The van der Waals surface area contributed by atoms with Crippen molar-refractivity contribution in [3.8, 4) is 0 Å². The summed E-state index contributed by atoms with van der Waals surface area (Å²) in [5.41, 5.74) is 1.33. The number of aromatic nitrogens is 1. The number of Topliss-reactive ketones (excluding diaryl/α,β-unsaturated/α-hetero) is 1. The highest BCUT2D eigenvalue weighted by atomic mass is 16.5. The number of carbonyl (C=O) groups is 2. The van der Waals surface area contributed by atoms with E-state index >= 15 is 0 Å². The largest absolute Gasteiger partial charge is 0.457 e. The van der Waals surface area contributed by atoms with E-state index in [1.165, 1.54) is 0 Å². The highest BCUT2D eigenvalue weighted by Gasteiger charge is 2.12. The number of fused-ring (bicyclic) bond motifs is 1. The van der Waals surface area contributed by atoms with Crippen LogP contribution in [0, 0.1) is 6.92 Å². The molecule has 0 N–H and O–H groups in total. The summed E-state index contributed by atoms with van der Waals surface area (Å²) in [4.78, 5) is 24.0. The van der Waals surface area contributed by atoms with E-state index in [0.717, 1.165) is 16.5 Å². The zero-order chi connectivity index (χ0) is 16.9. The number of benzene rings is 2. The second kappa shape index (κ2) is 7.08. The smallest absolute Gasteiger partial charge is 0.306 e. The molecule has 0 saturated heterocycles. The zero-order valence-corrected chi connectivity index (χ0v) is 13.3. The van der Waals surface area contributed by atoms with Crippen LogP contribution in [0.15, 0.2) is 53.1 Å². The second-order valence-electron chi connectivity index (χ2n) is 5.58. The normalized spacial score (nSPS) is 10.7. The van der Waals surface area contributed by atoms with Gasteiger partial charge in [0.25, 0.3) is 0 Å². The Kier molecular flexibility index (Phi) is 4.70. The molecule has 24 heavy (non-hydrogen) atoms. The molecule has 0 saturated carbocycles. The number of rotatable bonds is 6. The predicted octanol–water partition coefficient (Wildman–Crippen LogP) is 3.84. The number of ether oxygens (including phenoxy) is 1. The highest BCUT2D eigenvalue weighted by molar-refractivity contribution is 6.00. The topological polar surface area (TPSA) is 69.4 Å². The molecule has 3 aromatic rings. The minimum absolute atomic E-state index is 0.0316. The van der Waals surface area contributed by atoms with Gasteiger partial charge < -0.3 is 9.26 Å². The summed E-state index contributed by atoms with van der Waals surface area (Å²) in [6, 6.07) is 15.1. The van der Waals surface area contributed by atoms with Crippen molar-refractivity contribution in [3.05, 3.63) is 65.5 Å². The van der Waals surface area contributed by atoms with Gasteiger partial charge in [0.15, 0.2) is 18.2 Å². The van der Waals surface area contributed by atoms with Crippen LogP contribution in [0.3, 0.4) is 0 Å². The van der Waals surface area contributed by atoms with Crippen molar-refractivity contribution >= 4 is 22.5 Å². The summed E-state index contributed by atoms with van der Waals surface area (Å²) in [6.45, 7) is 1.82. The molecule has 122 valence electrons. The van der Waals surface area contributed by atoms with Crippen LogP contribution < -0.4 is 0 Å². The molecule has 0 radical (unpaired) electrons. The fraction of sp³-hybridized carbons (Fsp3) is 0.211. The molecule has 0 amide bonds. The van der Waals surface area contributed by atoms with Crippen molar-refractivity contribution in [1.29, 1.82) is 0 Å². The number of hydrogen-bond acceptors (Lipinski definition) is 5. The monoisotopic (exact) mass is 323 g/mol. The lowest BCUT2D eigenvalue weighted by Gasteiger charge is -2.04. The van der Waals surface area contributed by atoms with E-state index in [1.54, 1.807) is 19.1 Å². The molecule has 3 rings (SSSR count). The lowest BCUT2D eigenvalue weighted by Crippen LogP contribution is -2.08. The maximum absolute atomic E-state index is 12.2. The van der Waals surface area contributed by atoms with Crippen molar-refractivity contribution in [2.45, 2.75) is 26.4 Å². The third-order valence-electron chi connectivity index (χ3n) is 3.68. The van der Waals surface area contributed by atoms with Crippen LogP contribution in [-0.4, -0.2) is 16.9 Å². The Morgan fingerprint density at radius 1 is 1.04 bits per heavy atom. The Labute approximate surface area is 139 Å². The number of ketones is 1. The third-order valence-corrected chi connectivity index (χ3v) is 3.68. The van der Waals surface area contributed by atoms with Gasteiger partial charge in [-0.2, -0.15) is 0 Å². The summed E-state index contributed by atoms with van der Waals surface area (Å²) in [6.07, 6.45) is 0.158. The quantitative estimate of drug-likeness (QED) is 0.509. The molecule has 1 heterocycles. The minimum atomic E-state index is -0.432. The number of hydrogen-bond donors (Lipinski definition) is 0. The van der Waals surface area contributed by atoms with Crippen LogP contribution >= 0.6 is 0 Å². The molecule has 5 heteroatoms. The van der Waals surface area contributed by atoms with Crippen molar-refractivity contribution in [2.24, 2.45) is 0 Å². The first kappa shape index (κ1) is 15.9. The summed E-state index contributed by atoms with van der Waals surface area (Å²) < 4.78 is 10.0. The molecule has 5 nitrogen and oxygen atoms in total. The average Bonchev–Trinajstić information content (AvgIpc) is 3.02. The highest BCUT2D eigenvalue weighted by Crippen LogP contribution is 2.17. The summed E-state index contributed by atoms with van der Waals surface area (Å²) in [5, 5.41) is 5.80. The lowest BCUT2D eigenvalue weighted by atomic mass is 10.0. The first-order valence-corrected chi connectivity index (χ1v) is 7.71. The Morgan fingerprint density at radius 2 is 1.83 bits per heavy atom. The number of aryl methyl sites for hydroxylation is 1. The van der Waals surface area contributed by atoms with Crippen molar-refractivity contribution in [1.82, 2.24) is 5.16 Å². The molecule has 0 unspecified atom stereocenters. The molecular formula is C19H17NO4. The van der Waals surface area contributed by atoms with Crippen molar-refractivity contribution < 1.29 is 18.8 Å². The van der Waals surface area contributed by atoms with Gasteiger partial charge in [-0.3, -0.25) is 9.59 Å². The standard InChI is InChI=1S/C19H17NO4/c1-13-10-17(24-20-13)12-23-19(22)9-8-18(21)16-7-6-14-4-2-3-5-15(14)11-16/h2-7,10-11H,8-9,12H2,1H3. The first-order valence-electron chi connectivity index (χ1n) is 7.71. The van der Waals surface area contributed by atoms with E-state index < -0.39 is 5.97 Å². The van der Waals surface area contributed by atoms with Gasteiger partial charge in [-0.1, -0.05) is 41.6 Å². The Morgan fingerprint density at radius 3 is 2.58 bits per heavy atom. The average molecular weight is 323 g/mol. The van der Waals surface area contributed by atoms with E-state index in [2.05, 4.69) is 5.16 Å². The van der Waals surface area contributed by atoms with Gasteiger partial charge in [0.2, 0.25) is 0 Å². The number of nitrogens with zero attached hydrogens (tertiary/aromatic N) is 1. The number of carbonyl (C=O) groups excluding carboxylic acids is 2. The third kappa shape index (κ3) is 3.87. The lowest BCUT2D eigenvalue weighted by molar-refractivity contribution is -0.145. The van der Waals surface area contributed by atoms with E-state index in [-0.39, 0.29) is 25.2 Å². The predicted molar refractivity (Wildman–Crippen MR) is 88.5 cm³/mol. The van der Waals surface area contributed by atoms with E-state index in [0.29, 0.717) is 11.3 Å². The molecule has 0 spiro atoms. The van der Waals surface area contributed by atoms with E-state index in [4.69, 9.17) is 9.26 Å². The van der Waals surface area contributed by atoms with Crippen LogP contribution in [-0.2, 0) is 16.1 Å². The molecule has 0 aliphatic carbocycles. The molecule has 0 aliphatic rings. The zero-order valence-electron chi connectivity index (χ0n) is 13.3. The van der Waals surface area contributed by atoms with Crippen LogP contribution in [0.5, 0.6) is 0 Å². The van der Waals surface area contributed by atoms with Gasteiger partial charge >= 0.3 is 5.97 Å². The molecule has 0 bridgehead atoms.